The molecule has 2 atom stereocenters. The first-order valence-electron chi connectivity index (χ1n) is 5.66. The van der Waals surface area contributed by atoms with Crippen LogP contribution in [-0.2, 0) is 0 Å². The monoisotopic (exact) mass is 258 g/mol. The van der Waals surface area contributed by atoms with Crippen molar-refractivity contribution in [1.82, 2.24) is 0 Å². The number of nitrogens with one attached hydrogen (secondary N) is 1. The molecule has 1 aromatic rings. The summed E-state index contributed by atoms with van der Waals surface area (Å²) in [5.41, 5.74) is 6.05. The lowest BCUT2D eigenvalue weighted by Crippen LogP contribution is -2.27. The van der Waals surface area contributed by atoms with Gasteiger partial charge < -0.3 is 11.1 Å². The Balaban J connectivity index is 2.21. The van der Waals surface area contributed by atoms with Crippen molar-refractivity contribution < 1.29 is 8.78 Å². The molecule has 0 aromatic heterocycles. The molecule has 0 radical (unpaired) electrons. The van der Waals surface area contributed by atoms with Crippen LogP contribution >= 0.6 is 11.8 Å². The van der Waals surface area contributed by atoms with E-state index in [1.807, 2.05) is 6.26 Å². The molecule has 1 fully saturated rings. The average Bonchev–Trinajstić information content (AvgIpc) is 2.77. The molecule has 17 heavy (non-hydrogen) atoms. The van der Waals surface area contributed by atoms with Gasteiger partial charge in [0.15, 0.2) is 11.6 Å². The maximum atomic E-state index is 13.6. The highest BCUT2D eigenvalue weighted by Crippen LogP contribution is 2.33. The molecule has 0 saturated heterocycles. The molecule has 0 amide bonds. The van der Waals surface area contributed by atoms with Gasteiger partial charge in [0, 0.05) is 11.3 Å². The summed E-state index contributed by atoms with van der Waals surface area (Å²) in [5.74, 6) is -1.74. The Hall–Kier alpha value is -0.970. The minimum atomic E-state index is -0.878. The molecule has 2 rings (SSSR count). The van der Waals surface area contributed by atoms with Crippen molar-refractivity contribution in [1.29, 1.82) is 0 Å². The number of benzene rings is 1. The SMILES string of the molecule is CSC1CCCC1Nc1c(N)ccc(F)c1F. The van der Waals surface area contributed by atoms with Gasteiger partial charge in [-0.2, -0.15) is 11.8 Å². The highest BCUT2D eigenvalue weighted by atomic mass is 32.2. The predicted octanol–water partition coefficient (Wildman–Crippen LogP) is 3.24. The van der Waals surface area contributed by atoms with E-state index < -0.39 is 11.6 Å². The van der Waals surface area contributed by atoms with Gasteiger partial charge in [-0.1, -0.05) is 6.42 Å². The van der Waals surface area contributed by atoms with Crippen molar-refractivity contribution in [2.45, 2.75) is 30.6 Å². The second kappa shape index (κ2) is 5.12. The number of nitrogens with two attached hydrogens (primary N) is 1. The third kappa shape index (κ3) is 2.49. The van der Waals surface area contributed by atoms with E-state index in [0.717, 1.165) is 25.3 Å². The van der Waals surface area contributed by atoms with Gasteiger partial charge in [-0.05, 0) is 31.2 Å². The molecule has 0 spiro atoms. The van der Waals surface area contributed by atoms with E-state index in [-0.39, 0.29) is 17.4 Å². The van der Waals surface area contributed by atoms with Crippen LogP contribution in [0.3, 0.4) is 0 Å². The van der Waals surface area contributed by atoms with Crippen molar-refractivity contribution >= 4 is 23.1 Å². The molecular formula is C12H16F2N2S. The van der Waals surface area contributed by atoms with Crippen LogP contribution in [0.4, 0.5) is 20.2 Å². The fourth-order valence-electron chi connectivity index (χ4n) is 2.27. The normalized spacial score (nSPS) is 23.9. The summed E-state index contributed by atoms with van der Waals surface area (Å²) in [6.45, 7) is 0. The lowest BCUT2D eigenvalue weighted by Gasteiger charge is -2.21. The Morgan fingerprint density at radius 3 is 2.82 bits per heavy atom. The van der Waals surface area contributed by atoms with E-state index in [2.05, 4.69) is 5.32 Å². The Morgan fingerprint density at radius 2 is 2.12 bits per heavy atom. The molecule has 94 valence electrons. The van der Waals surface area contributed by atoms with E-state index in [0.29, 0.717) is 5.25 Å². The number of hydrogen-bond donors (Lipinski definition) is 2. The first-order chi connectivity index (χ1) is 8.13. The lowest BCUT2D eigenvalue weighted by atomic mass is 10.2. The standard InChI is InChI=1S/C12H16F2N2S/c1-17-10-4-2-3-9(10)16-12-8(15)6-5-7(13)11(12)14/h5-6,9-10,16H,2-4,15H2,1H3. The van der Waals surface area contributed by atoms with E-state index >= 15 is 0 Å². The number of hydrogen-bond acceptors (Lipinski definition) is 3. The number of thioether (sulfide) groups is 1. The molecule has 0 heterocycles. The van der Waals surface area contributed by atoms with E-state index in [9.17, 15) is 8.78 Å². The van der Waals surface area contributed by atoms with Crippen LogP contribution in [0.5, 0.6) is 0 Å². The highest BCUT2D eigenvalue weighted by Gasteiger charge is 2.28. The number of nitrogen functional groups attached to an aromatic ring is 1. The van der Waals surface area contributed by atoms with E-state index in [1.165, 1.54) is 6.07 Å². The number of rotatable bonds is 3. The fourth-order valence-corrected chi connectivity index (χ4v) is 3.21. The summed E-state index contributed by atoms with van der Waals surface area (Å²) >= 11 is 1.76. The summed E-state index contributed by atoms with van der Waals surface area (Å²) in [6.07, 6.45) is 5.23. The fraction of sp³-hybridized carbons (Fsp3) is 0.500. The van der Waals surface area contributed by atoms with E-state index in [1.54, 1.807) is 11.8 Å². The highest BCUT2D eigenvalue weighted by molar-refractivity contribution is 7.99. The molecule has 2 nitrogen and oxygen atoms in total. The third-order valence-electron chi connectivity index (χ3n) is 3.21. The minimum Gasteiger partial charge on any atom is -0.397 e. The molecule has 5 heteroatoms. The zero-order valence-corrected chi connectivity index (χ0v) is 10.5. The van der Waals surface area contributed by atoms with Crippen LogP contribution in [0, 0.1) is 11.6 Å². The third-order valence-corrected chi connectivity index (χ3v) is 4.38. The Morgan fingerprint density at radius 1 is 1.35 bits per heavy atom. The van der Waals surface area contributed by atoms with Crippen molar-refractivity contribution in [2.24, 2.45) is 0 Å². The van der Waals surface area contributed by atoms with Crippen molar-refractivity contribution in [3.8, 4) is 0 Å². The van der Waals surface area contributed by atoms with Crippen LogP contribution in [0.2, 0.25) is 0 Å². The van der Waals surface area contributed by atoms with E-state index in [4.69, 9.17) is 5.73 Å². The molecule has 1 aliphatic carbocycles. The first kappa shape index (κ1) is 12.5. The summed E-state index contributed by atoms with van der Waals surface area (Å²) in [5, 5.41) is 3.50. The topological polar surface area (TPSA) is 38.0 Å². The summed E-state index contributed by atoms with van der Waals surface area (Å²) in [4.78, 5) is 0. The maximum absolute atomic E-state index is 13.6. The average molecular weight is 258 g/mol. The van der Waals surface area contributed by atoms with Gasteiger partial charge >= 0.3 is 0 Å². The van der Waals surface area contributed by atoms with Gasteiger partial charge in [-0.15, -0.1) is 0 Å². The zero-order chi connectivity index (χ0) is 12.4. The summed E-state index contributed by atoms with van der Waals surface area (Å²) in [6, 6.07) is 2.61. The summed E-state index contributed by atoms with van der Waals surface area (Å²) < 4.78 is 26.8. The van der Waals surface area contributed by atoms with Gasteiger partial charge in [-0.3, -0.25) is 0 Å². The minimum absolute atomic E-state index is 0.107. The van der Waals surface area contributed by atoms with Crippen LogP contribution in [0.1, 0.15) is 19.3 Å². The lowest BCUT2D eigenvalue weighted by molar-refractivity contribution is 0.510. The quantitative estimate of drug-likeness (QED) is 0.817. The van der Waals surface area contributed by atoms with Gasteiger partial charge in [-0.25, -0.2) is 8.78 Å². The molecule has 3 N–H and O–H groups in total. The smallest absolute Gasteiger partial charge is 0.183 e. The van der Waals surface area contributed by atoms with Gasteiger partial charge in [0.05, 0.1) is 11.4 Å². The Bertz CT molecular complexity index is 412. The molecule has 0 bridgehead atoms. The van der Waals surface area contributed by atoms with Gasteiger partial charge in [0.25, 0.3) is 0 Å². The zero-order valence-electron chi connectivity index (χ0n) is 9.67. The number of anilines is 2. The maximum Gasteiger partial charge on any atom is 0.183 e. The van der Waals surface area contributed by atoms with Gasteiger partial charge in [0.2, 0.25) is 0 Å². The van der Waals surface area contributed by atoms with Crippen LogP contribution in [0.15, 0.2) is 12.1 Å². The van der Waals surface area contributed by atoms with Crippen LogP contribution < -0.4 is 11.1 Å². The molecule has 1 aliphatic rings. The van der Waals surface area contributed by atoms with Gasteiger partial charge in [0.1, 0.15) is 0 Å². The largest absolute Gasteiger partial charge is 0.397 e. The Kier molecular flexibility index (Phi) is 3.76. The molecule has 2 unspecified atom stereocenters. The van der Waals surface area contributed by atoms with Crippen molar-refractivity contribution in [3.05, 3.63) is 23.8 Å². The first-order valence-corrected chi connectivity index (χ1v) is 6.95. The molecule has 1 saturated carbocycles. The second-order valence-electron chi connectivity index (χ2n) is 4.28. The second-order valence-corrected chi connectivity index (χ2v) is 5.36. The number of halogens is 2. The molecular weight excluding hydrogens is 242 g/mol. The predicted molar refractivity (Wildman–Crippen MR) is 69.3 cm³/mol. The van der Waals surface area contributed by atoms with Crippen LogP contribution in [-0.4, -0.2) is 17.5 Å². The van der Waals surface area contributed by atoms with Crippen molar-refractivity contribution in [2.75, 3.05) is 17.3 Å². The van der Waals surface area contributed by atoms with Crippen molar-refractivity contribution in [3.63, 3.8) is 0 Å². The van der Waals surface area contributed by atoms with Crippen LogP contribution in [0.25, 0.3) is 0 Å². The molecule has 0 aliphatic heterocycles. The Labute approximate surface area is 104 Å². The molecule has 1 aromatic carbocycles. The summed E-state index contributed by atoms with van der Waals surface area (Å²) in [7, 11) is 0.